The summed E-state index contributed by atoms with van der Waals surface area (Å²) in [6, 6.07) is 0. The van der Waals surface area contributed by atoms with Crippen LogP contribution in [0.25, 0.3) is 22.3 Å². The summed E-state index contributed by atoms with van der Waals surface area (Å²) in [7, 11) is -4.00. The fourth-order valence-corrected chi connectivity index (χ4v) is 7.98. The topological polar surface area (TPSA) is 277 Å². The summed E-state index contributed by atoms with van der Waals surface area (Å²) in [6.07, 6.45) is -0.642. The van der Waals surface area contributed by atoms with Crippen LogP contribution in [0.3, 0.4) is 0 Å². The highest BCUT2D eigenvalue weighted by Crippen LogP contribution is 2.57. The Morgan fingerprint density at radius 3 is 2.07 bits per heavy atom. The molecule has 7 atom stereocenters. The summed E-state index contributed by atoms with van der Waals surface area (Å²) in [6.45, 7) is 0.175. The zero-order valence-electron chi connectivity index (χ0n) is 23.8. The van der Waals surface area contributed by atoms with Gasteiger partial charge >= 0.3 is 7.75 Å². The van der Waals surface area contributed by atoms with Crippen molar-refractivity contribution in [1.29, 1.82) is 0 Å². The van der Waals surface area contributed by atoms with Crippen molar-refractivity contribution in [2.24, 2.45) is 0 Å². The van der Waals surface area contributed by atoms with E-state index in [4.69, 9.17) is 30.0 Å². The molecular formula is C24H32N11O9P. The van der Waals surface area contributed by atoms with E-state index >= 15 is 0 Å². The summed E-state index contributed by atoms with van der Waals surface area (Å²) in [5.74, 6) is -0.189. The quantitative estimate of drug-likeness (QED) is 0.118. The number of nitrogens with zero attached hydrogens (tertiary/aromatic N) is 7. The lowest BCUT2D eigenvalue weighted by Gasteiger charge is -2.30. The van der Waals surface area contributed by atoms with Crippen LogP contribution in [0.15, 0.2) is 22.2 Å². The second-order valence-electron chi connectivity index (χ2n) is 11.1. The Balaban J connectivity index is 1.08. The number of ether oxygens (including phenoxy) is 2. The van der Waals surface area contributed by atoms with Crippen molar-refractivity contribution in [2.45, 2.75) is 62.6 Å². The zero-order valence-corrected chi connectivity index (χ0v) is 24.7. The van der Waals surface area contributed by atoms with Gasteiger partial charge in [0.2, 0.25) is 11.9 Å². The van der Waals surface area contributed by atoms with Crippen molar-refractivity contribution in [2.75, 3.05) is 37.8 Å². The summed E-state index contributed by atoms with van der Waals surface area (Å²) in [5, 5.41) is 21.0. The van der Waals surface area contributed by atoms with Gasteiger partial charge in [0.15, 0.2) is 22.3 Å². The minimum atomic E-state index is -4.00. The van der Waals surface area contributed by atoms with Crippen LogP contribution in [-0.2, 0) is 23.1 Å². The number of fused-ring (bicyclic) bond motifs is 2. The summed E-state index contributed by atoms with van der Waals surface area (Å²) < 4.78 is 43.2. The van der Waals surface area contributed by atoms with Gasteiger partial charge in [0.1, 0.15) is 30.8 Å². The van der Waals surface area contributed by atoms with Gasteiger partial charge in [0, 0.05) is 25.9 Å². The van der Waals surface area contributed by atoms with Crippen molar-refractivity contribution >= 4 is 42.0 Å². The van der Waals surface area contributed by atoms with Crippen molar-refractivity contribution in [3.8, 4) is 0 Å². The number of anilines is 2. The lowest BCUT2D eigenvalue weighted by atomic mass is 10.2. The maximum absolute atomic E-state index is 14.4. The van der Waals surface area contributed by atoms with Gasteiger partial charge < -0.3 is 31.2 Å². The number of aromatic amines is 2. The normalized spacial score (nSPS) is 28.8. The maximum Gasteiger partial charge on any atom is 0.408 e. The van der Waals surface area contributed by atoms with Crippen molar-refractivity contribution < 1.29 is 33.3 Å². The zero-order chi connectivity index (χ0) is 31.5. The summed E-state index contributed by atoms with van der Waals surface area (Å²) >= 11 is 0. The fourth-order valence-electron chi connectivity index (χ4n) is 5.95. The predicted octanol–water partition coefficient (Wildman–Crippen LogP) is -1.05. The molecule has 8 N–H and O–H groups in total. The SMILES string of the molecule is Nc1nc2c(ncn2C2CC(O)C(COP(=O)(OC3CC(n4cnc5c(=O)[nH]c(N)nc54)OC3CO)N3CCCC3)O2)c(=O)[nH]1. The average molecular weight is 650 g/mol. The average Bonchev–Trinajstić information content (AvgIpc) is 3.82. The number of H-pyrrole nitrogens is 2. The Morgan fingerprint density at radius 1 is 0.933 bits per heavy atom. The molecule has 7 unspecified atom stereocenters. The molecule has 0 aliphatic carbocycles. The maximum atomic E-state index is 14.4. The van der Waals surface area contributed by atoms with Crippen molar-refractivity contribution in [1.82, 2.24) is 43.7 Å². The van der Waals surface area contributed by atoms with E-state index < -0.39 is 62.3 Å². The lowest BCUT2D eigenvalue weighted by molar-refractivity contribution is -0.0534. The van der Waals surface area contributed by atoms with Gasteiger partial charge in [-0.15, -0.1) is 0 Å². The van der Waals surface area contributed by atoms with Crippen molar-refractivity contribution in [3.05, 3.63) is 33.4 Å². The molecule has 7 heterocycles. The Hall–Kier alpha value is -3.75. The van der Waals surface area contributed by atoms with E-state index in [1.54, 1.807) is 4.67 Å². The van der Waals surface area contributed by atoms with Crippen LogP contribution in [0.1, 0.15) is 38.1 Å². The molecule has 3 saturated heterocycles. The summed E-state index contributed by atoms with van der Waals surface area (Å²) in [4.78, 5) is 45.7. The van der Waals surface area contributed by atoms with Crippen LogP contribution in [0.5, 0.6) is 0 Å². The fraction of sp³-hybridized carbons (Fsp3) is 0.583. The van der Waals surface area contributed by atoms with Crippen LogP contribution in [0, 0.1) is 0 Å². The molecular weight excluding hydrogens is 617 g/mol. The van der Waals surface area contributed by atoms with Crippen LogP contribution in [0.4, 0.5) is 11.9 Å². The standard InChI is InChI=1S/C24H32N11O9P/c25-23-29-19-17(21(38)31-23)27-9-34(19)15-5-11(37)14(43-15)8-41-45(40,33-3-1-2-4-33)44-12-6-16(42-13(12)7-36)35-10-28-18-20(35)30-24(26)32-22(18)39/h9-16,36-37H,1-8H2,(H3,25,29,31,38)(H3,26,30,32,39). The van der Waals surface area contributed by atoms with E-state index in [1.807, 2.05) is 0 Å². The number of aliphatic hydroxyl groups is 2. The van der Waals surface area contributed by atoms with E-state index in [-0.39, 0.29) is 53.7 Å². The molecule has 4 aromatic heterocycles. The Labute approximate surface area is 252 Å². The number of aliphatic hydroxyl groups excluding tert-OH is 2. The van der Waals surface area contributed by atoms with Gasteiger partial charge in [-0.05, 0) is 12.8 Å². The number of rotatable bonds is 9. The Kier molecular flexibility index (Phi) is 7.69. The van der Waals surface area contributed by atoms with Gasteiger partial charge in [-0.25, -0.2) is 19.2 Å². The van der Waals surface area contributed by atoms with Gasteiger partial charge in [-0.2, -0.15) is 9.97 Å². The van der Waals surface area contributed by atoms with E-state index in [2.05, 4.69) is 29.9 Å². The first-order chi connectivity index (χ1) is 21.6. The third kappa shape index (κ3) is 5.42. The molecule has 7 rings (SSSR count). The number of imidazole rings is 2. The van der Waals surface area contributed by atoms with Crippen LogP contribution < -0.4 is 22.6 Å². The number of aromatic nitrogens is 8. The second-order valence-corrected chi connectivity index (χ2v) is 13.1. The lowest BCUT2D eigenvalue weighted by Crippen LogP contribution is -2.32. The highest BCUT2D eigenvalue weighted by molar-refractivity contribution is 7.51. The molecule has 3 aliphatic heterocycles. The van der Waals surface area contributed by atoms with Crippen molar-refractivity contribution in [3.63, 3.8) is 0 Å². The molecule has 4 aromatic rings. The molecule has 0 amide bonds. The number of hydrogen-bond acceptors (Lipinski definition) is 15. The molecule has 45 heavy (non-hydrogen) atoms. The molecule has 3 aliphatic rings. The molecule has 3 fully saturated rings. The molecule has 0 aromatic carbocycles. The summed E-state index contributed by atoms with van der Waals surface area (Å²) in [5.41, 5.74) is 10.9. The first-order valence-electron chi connectivity index (χ1n) is 14.4. The van der Waals surface area contributed by atoms with Crippen LogP contribution >= 0.6 is 7.75 Å². The van der Waals surface area contributed by atoms with Gasteiger partial charge in [0.25, 0.3) is 11.1 Å². The Bertz CT molecular complexity index is 1890. The molecule has 21 heteroatoms. The minimum Gasteiger partial charge on any atom is -0.394 e. The molecule has 20 nitrogen and oxygen atoms in total. The van der Waals surface area contributed by atoms with E-state index in [1.165, 1.54) is 21.8 Å². The molecule has 0 radical (unpaired) electrons. The number of hydrogen-bond donors (Lipinski definition) is 6. The molecule has 0 saturated carbocycles. The number of nitrogen functional groups attached to an aromatic ring is 2. The highest BCUT2D eigenvalue weighted by atomic mass is 31.2. The number of nitrogens with two attached hydrogens (primary N) is 2. The largest absolute Gasteiger partial charge is 0.408 e. The molecule has 242 valence electrons. The van der Waals surface area contributed by atoms with E-state index in [0.717, 1.165) is 12.8 Å². The van der Waals surface area contributed by atoms with Gasteiger partial charge in [-0.3, -0.25) is 37.7 Å². The second kappa shape index (κ2) is 11.6. The smallest absolute Gasteiger partial charge is 0.394 e. The first kappa shape index (κ1) is 29.9. The Morgan fingerprint density at radius 2 is 1.49 bits per heavy atom. The van der Waals surface area contributed by atoms with Crippen LogP contribution in [0.2, 0.25) is 0 Å². The van der Waals surface area contributed by atoms with E-state index in [0.29, 0.717) is 13.1 Å². The highest BCUT2D eigenvalue weighted by Gasteiger charge is 2.47. The van der Waals surface area contributed by atoms with E-state index in [9.17, 15) is 24.4 Å². The molecule has 0 spiro atoms. The molecule has 0 bridgehead atoms. The number of nitrogens with one attached hydrogen (secondary N) is 2. The van der Waals surface area contributed by atoms with Gasteiger partial charge in [-0.1, -0.05) is 0 Å². The monoisotopic (exact) mass is 649 g/mol. The first-order valence-corrected chi connectivity index (χ1v) is 15.9. The van der Waals surface area contributed by atoms with Crippen LogP contribution in [-0.4, -0.2) is 105 Å². The third-order valence-electron chi connectivity index (χ3n) is 8.19. The van der Waals surface area contributed by atoms with Gasteiger partial charge in [0.05, 0.1) is 32.0 Å². The predicted molar refractivity (Wildman–Crippen MR) is 155 cm³/mol. The third-order valence-corrected chi connectivity index (χ3v) is 10.3. The minimum absolute atomic E-state index is 0.0620.